The van der Waals surface area contributed by atoms with Gasteiger partial charge in [-0.15, -0.1) is 0 Å². The van der Waals surface area contributed by atoms with Gasteiger partial charge in [0, 0.05) is 18.7 Å². The van der Waals surface area contributed by atoms with Gasteiger partial charge in [0.15, 0.2) is 5.13 Å². The van der Waals surface area contributed by atoms with Crippen molar-refractivity contribution in [3.8, 4) is 5.75 Å². The van der Waals surface area contributed by atoms with Crippen LogP contribution in [0.2, 0.25) is 0 Å². The Labute approximate surface area is 160 Å². The zero-order chi connectivity index (χ0) is 19.0. The fourth-order valence-electron chi connectivity index (χ4n) is 3.22. The Balaban J connectivity index is 1.48. The molecule has 0 spiro atoms. The van der Waals surface area contributed by atoms with Gasteiger partial charge in [0.25, 0.3) is 0 Å². The van der Waals surface area contributed by atoms with Crippen LogP contribution in [0.1, 0.15) is 12.0 Å². The zero-order valence-corrected chi connectivity index (χ0v) is 15.9. The summed E-state index contributed by atoms with van der Waals surface area (Å²) in [5.41, 5.74) is 2.72. The standard InChI is InChI=1S/C20H19N3O3S/c1-12-4-3-5-14(8-12)23-11-13(9-18(23)24)19(25)22-20-21-16-7-6-15(26-2)10-17(16)27-20/h3-8,10,13H,9,11H2,1-2H3,(H,21,22,25). The molecule has 0 saturated carbocycles. The third-order valence-electron chi connectivity index (χ3n) is 4.63. The monoisotopic (exact) mass is 381 g/mol. The predicted molar refractivity (Wildman–Crippen MR) is 106 cm³/mol. The second-order valence-corrected chi connectivity index (χ2v) is 7.62. The molecule has 1 saturated heterocycles. The van der Waals surface area contributed by atoms with Gasteiger partial charge in [-0.05, 0) is 42.8 Å². The Hall–Kier alpha value is -2.93. The number of methoxy groups -OCH3 is 1. The second-order valence-electron chi connectivity index (χ2n) is 6.59. The molecule has 0 bridgehead atoms. The lowest BCUT2D eigenvalue weighted by Gasteiger charge is -2.17. The van der Waals surface area contributed by atoms with Crippen LogP contribution in [-0.2, 0) is 9.59 Å². The zero-order valence-electron chi connectivity index (χ0n) is 15.1. The number of aromatic nitrogens is 1. The third-order valence-corrected chi connectivity index (χ3v) is 5.57. The van der Waals surface area contributed by atoms with Crippen molar-refractivity contribution >= 4 is 44.2 Å². The molecule has 138 valence electrons. The number of thiazole rings is 1. The maximum Gasteiger partial charge on any atom is 0.231 e. The fourth-order valence-corrected chi connectivity index (χ4v) is 4.12. The summed E-state index contributed by atoms with van der Waals surface area (Å²) in [4.78, 5) is 31.2. The second kappa shape index (κ2) is 7.00. The van der Waals surface area contributed by atoms with Crippen LogP contribution in [0.25, 0.3) is 10.2 Å². The van der Waals surface area contributed by atoms with Gasteiger partial charge >= 0.3 is 0 Å². The number of aryl methyl sites for hydroxylation is 1. The Morgan fingerprint density at radius 2 is 2.15 bits per heavy atom. The van der Waals surface area contributed by atoms with E-state index in [4.69, 9.17) is 4.74 Å². The summed E-state index contributed by atoms with van der Waals surface area (Å²) in [7, 11) is 1.61. The van der Waals surface area contributed by atoms with Gasteiger partial charge in [-0.2, -0.15) is 0 Å². The molecule has 0 aliphatic carbocycles. The first-order valence-corrected chi connectivity index (χ1v) is 9.47. The molecule has 1 aliphatic heterocycles. The maximum absolute atomic E-state index is 12.7. The Morgan fingerprint density at radius 3 is 2.93 bits per heavy atom. The summed E-state index contributed by atoms with van der Waals surface area (Å²) in [5.74, 6) is 0.151. The first-order valence-electron chi connectivity index (χ1n) is 8.66. The molecule has 6 nitrogen and oxygen atoms in total. The number of carbonyl (C=O) groups is 2. The number of amides is 2. The lowest BCUT2D eigenvalue weighted by molar-refractivity contribution is -0.122. The number of benzene rings is 2. The van der Waals surface area contributed by atoms with E-state index in [1.807, 2.05) is 49.4 Å². The van der Waals surface area contributed by atoms with Gasteiger partial charge in [0.1, 0.15) is 5.75 Å². The van der Waals surface area contributed by atoms with Gasteiger partial charge in [0.2, 0.25) is 11.8 Å². The molecule has 0 radical (unpaired) electrons. The lowest BCUT2D eigenvalue weighted by Crippen LogP contribution is -2.28. The molecule has 3 aromatic rings. The van der Waals surface area contributed by atoms with Crippen LogP contribution in [0, 0.1) is 12.8 Å². The molecule has 4 rings (SSSR count). The Bertz CT molecular complexity index is 1030. The number of fused-ring (bicyclic) bond motifs is 1. The summed E-state index contributed by atoms with van der Waals surface area (Å²) < 4.78 is 6.15. The highest BCUT2D eigenvalue weighted by molar-refractivity contribution is 7.22. The van der Waals surface area contributed by atoms with E-state index in [2.05, 4.69) is 10.3 Å². The van der Waals surface area contributed by atoms with Crippen LogP contribution in [0.5, 0.6) is 5.75 Å². The van der Waals surface area contributed by atoms with Crippen LogP contribution in [-0.4, -0.2) is 30.5 Å². The molecule has 1 unspecified atom stereocenters. The van der Waals surface area contributed by atoms with Crippen molar-refractivity contribution in [2.24, 2.45) is 5.92 Å². The van der Waals surface area contributed by atoms with Gasteiger partial charge < -0.3 is 15.0 Å². The van der Waals surface area contributed by atoms with Crippen LogP contribution in [0.3, 0.4) is 0 Å². The number of nitrogens with zero attached hydrogens (tertiary/aromatic N) is 2. The smallest absolute Gasteiger partial charge is 0.231 e. The first-order chi connectivity index (χ1) is 13.0. The van der Waals surface area contributed by atoms with E-state index in [1.54, 1.807) is 12.0 Å². The number of hydrogen-bond acceptors (Lipinski definition) is 5. The van der Waals surface area contributed by atoms with E-state index in [0.29, 0.717) is 11.7 Å². The fraction of sp³-hybridized carbons (Fsp3) is 0.250. The molecule has 2 amide bonds. The summed E-state index contributed by atoms with van der Waals surface area (Å²) in [5, 5.41) is 3.40. The highest BCUT2D eigenvalue weighted by Gasteiger charge is 2.35. The van der Waals surface area contributed by atoms with E-state index < -0.39 is 0 Å². The maximum atomic E-state index is 12.7. The number of carbonyl (C=O) groups excluding carboxylic acids is 2. The number of hydrogen-bond donors (Lipinski definition) is 1. The highest BCUT2D eigenvalue weighted by Crippen LogP contribution is 2.31. The van der Waals surface area contributed by atoms with Crippen LogP contribution < -0.4 is 15.0 Å². The minimum absolute atomic E-state index is 0.0326. The molecule has 1 aromatic heterocycles. The van der Waals surface area contributed by atoms with Crippen molar-refractivity contribution < 1.29 is 14.3 Å². The summed E-state index contributed by atoms with van der Waals surface area (Å²) in [6, 6.07) is 13.3. The van der Waals surface area contributed by atoms with E-state index in [1.165, 1.54) is 11.3 Å². The first kappa shape index (κ1) is 17.5. The molecular weight excluding hydrogens is 362 g/mol. The van der Waals surface area contributed by atoms with Crippen molar-refractivity contribution in [2.45, 2.75) is 13.3 Å². The molecule has 1 N–H and O–H groups in total. The third kappa shape index (κ3) is 3.50. The average molecular weight is 381 g/mol. The van der Waals surface area contributed by atoms with E-state index in [9.17, 15) is 9.59 Å². The van der Waals surface area contributed by atoms with Crippen molar-refractivity contribution in [2.75, 3.05) is 23.9 Å². The van der Waals surface area contributed by atoms with Crippen molar-refractivity contribution in [1.29, 1.82) is 0 Å². The molecule has 1 aliphatic rings. The van der Waals surface area contributed by atoms with Gasteiger partial charge in [-0.3, -0.25) is 9.59 Å². The summed E-state index contributed by atoms with van der Waals surface area (Å²) in [6.45, 7) is 2.36. The van der Waals surface area contributed by atoms with E-state index in [0.717, 1.165) is 27.2 Å². The molecule has 7 heteroatoms. The predicted octanol–water partition coefficient (Wildman–Crippen LogP) is 3.60. The van der Waals surface area contributed by atoms with Crippen LogP contribution in [0.15, 0.2) is 42.5 Å². The largest absolute Gasteiger partial charge is 0.497 e. The number of nitrogens with one attached hydrogen (secondary N) is 1. The molecule has 1 atom stereocenters. The number of rotatable bonds is 4. The lowest BCUT2D eigenvalue weighted by atomic mass is 10.1. The number of ether oxygens (including phenoxy) is 1. The molecule has 2 heterocycles. The van der Waals surface area contributed by atoms with Gasteiger partial charge in [-0.1, -0.05) is 23.5 Å². The summed E-state index contributed by atoms with van der Waals surface area (Å²) >= 11 is 1.39. The Kier molecular flexibility index (Phi) is 4.53. The van der Waals surface area contributed by atoms with Gasteiger partial charge in [0.05, 0.1) is 23.2 Å². The summed E-state index contributed by atoms with van der Waals surface area (Å²) in [6.07, 6.45) is 0.207. The average Bonchev–Trinajstić information content (AvgIpc) is 3.23. The highest BCUT2D eigenvalue weighted by atomic mass is 32.1. The van der Waals surface area contributed by atoms with Crippen LogP contribution >= 0.6 is 11.3 Å². The molecule has 2 aromatic carbocycles. The van der Waals surface area contributed by atoms with E-state index in [-0.39, 0.29) is 24.2 Å². The number of anilines is 2. The van der Waals surface area contributed by atoms with Crippen molar-refractivity contribution in [1.82, 2.24) is 4.98 Å². The van der Waals surface area contributed by atoms with Crippen molar-refractivity contribution in [3.63, 3.8) is 0 Å². The normalized spacial score (nSPS) is 16.7. The Morgan fingerprint density at radius 1 is 1.30 bits per heavy atom. The van der Waals surface area contributed by atoms with Gasteiger partial charge in [-0.25, -0.2) is 4.98 Å². The molecule has 27 heavy (non-hydrogen) atoms. The quantitative estimate of drug-likeness (QED) is 0.749. The van der Waals surface area contributed by atoms with Crippen LogP contribution in [0.4, 0.5) is 10.8 Å². The molecular formula is C20H19N3O3S. The van der Waals surface area contributed by atoms with E-state index >= 15 is 0 Å². The topological polar surface area (TPSA) is 71.5 Å². The minimum atomic E-state index is -0.389. The molecule has 1 fully saturated rings. The SMILES string of the molecule is COc1ccc2nc(NC(=O)C3CC(=O)N(c4cccc(C)c4)C3)sc2c1. The van der Waals surface area contributed by atoms with Crippen molar-refractivity contribution in [3.05, 3.63) is 48.0 Å². The minimum Gasteiger partial charge on any atom is -0.497 e.